The molecule has 0 saturated carbocycles. The van der Waals surface area contributed by atoms with Gasteiger partial charge in [0.15, 0.2) is 5.69 Å². The molecule has 0 radical (unpaired) electrons. The van der Waals surface area contributed by atoms with Gasteiger partial charge in [0.25, 0.3) is 0 Å². The molecule has 0 atom stereocenters. The van der Waals surface area contributed by atoms with Gasteiger partial charge in [0.05, 0.1) is 12.7 Å². The number of esters is 1. The minimum atomic E-state index is -4.77. The van der Waals surface area contributed by atoms with Crippen LogP contribution in [0.15, 0.2) is 40.3 Å². The Morgan fingerprint density at radius 2 is 1.96 bits per heavy atom. The molecule has 0 aliphatic heterocycles. The lowest BCUT2D eigenvalue weighted by atomic mass is 10.2. The quantitative estimate of drug-likeness (QED) is 0.626. The van der Waals surface area contributed by atoms with Gasteiger partial charge in [0, 0.05) is 23.6 Å². The molecule has 6 nitrogen and oxygen atoms in total. The molecule has 2 rings (SSSR count). The minimum absolute atomic E-state index is 0.0335. The van der Waals surface area contributed by atoms with Crippen molar-refractivity contribution in [2.75, 3.05) is 7.11 Å². The number of aryl methyl sites for hydroxylation is 1. The summed E-state index contributed by atoms with van der Waals surface area (Å²) in [6, 6.07) is 6.22. The zero-order valence-electron chi connectivity index (χ0n) is 13.6. The van der Waals surface area contributed by atoms with Crippen molar-refractivity contribution >= 4 is 29.8 Å². The molecule has 0 amide bonds. The maximum atomic E-state index is 13.2. The van der Waals surface area contributed by atoms with Crippen molar-refractivity contribution in [2.45, 2.75) is 16.1 Å². The lowest BCUT2D eigenvalue weighted by Crippen LogP contribution is -2.08. The molecule has 0 aliphatic rings. The van der Waals surface area contributed by atoms with E-state index in [4.69, 9.17) is 5.11 Å². The van der Waals surface area contributed by atoms with Crippen LogP contribution in [0.1, 0.15) is 21.6 Å². The fourth-order valence-corrected chi connectivity index (χ4v) is 3.16. The number of nitrogens with zero attached hydrogens (tertiary/aromatic N) is 2. The van der Waals surface area contributed by atoms with Crippen molar-refractivity contribution in [2.24, 2.45) is 7.05 Å². The Bertz CT molecular complexity index is 875. The maximum absolute atomic E-state index is 13.2. The van der Waals surface area contributed by atoms with Gasteiger partial charge in [-0.1, -0.05) is 23.9 Å². The average molecular weight is 386 g/mol. The van der Waals surface area contributed by atoms with Gasteiger partial charge in [-0.15, -0.1) is 0 Å². The Morgan fingerprint density at radius 3 is 2.54 bits per heavy atom. The van der Waals surface area contributed by atoms with Crippen LogP contribution in [0, 0.1) is 0 Å². The van der Waals surface area contributed by atoms with Gasteiger partial charge >= 0.3 is 18.1 Å². The lowest BCUT2D eigenvalue weighted by molar-refractivity contribution is -0.141. The first-order chi connectivity index (χ1) is 12.1. The fourth-order valence-electron chi connectivity index (χ4n) is 2.10. The predicted octanol–water partition coefficient (Wildman–Crippen LogP) is 3.47. The van der Waals surface area contributed by atoms with Gasteiger partial charge < -0.3 is 9.84 Å². The third-order valence-corrected chi connectivity index (χ3v) is 4.44. The number of methoxy groups -OCH3 is 1. The van der Waals surface area contributed by atoms with Crippen LogP contribution in [0.4, 0.5) is 13.2 Å². The van der Waals surface area contributed by atoms with E-state index in [0.29, 0.717) is 11.0 Å². The van der Waals surface area contributed by atoms with E-state index in [9.17, 15) is 22.8 Å². The molecule has 26 heavy (non-hydrogen) atoms. The summed E-state index contributed by atoms with van der Waals surface area (Å²) in [6.45, 7) is 0. The van der Waals surface area contributed by atoms with Gasteiger partial charge in [0.2, 0.25) is 0 Å². The van der Waals surface area contributed by atoms with E-state index >= 15 is 0 Å². The first-order valence-corrected chi connectivity index (χ1v) is 7.87. The first kappa shape index (κ1) is 19.6. The van der Waals surface area contributed by atoms with Crippen LogP contribution in [-0.4, -0.2) is 33.9 Å². The van der Waals surface area contributed by atoms with E-state index < -0.39 is 29.4 Å². The summed E-state index contributed by atoms with van der Waals surface area (Å²) in [5.74, 6) is -2.04. The summed E-state index contributed by atoms with van der Waals surface area (Å²) < 4.78 is 45.3. The van der Waals surface area contributed by atoms with E-state index in [-0.39, 0.29) is 10.6 Å². The number of carboxylic acids is 1. The second kappa shape index (κ2) is 7.65. The fraction of sp³-hybridized carbons (Fsp3) is 0.188. The smallest absolute Gasteiger partial charge is 0.435 e. The van der Waals surface area contributed by atoms with Crippen molar-refractivity contribution in [1.82, 2.24) is 9.78 Å². The number of aliphatic carboxylic acids is 1. The third kappa shape index (κ3) is 4.26. The second-order valence-corrected chi connectivity index (χ2v) is 5.98. The molecule has 10 heteroatoms. The Kier molecular flexibility index (Phi) is 5.76. The van der Waals surface area contributed by atoms with E-state index in [1.54, 1.807) is 18.2 Å². The molecule has 1 heterocycles. The number of rotatable bonds is 5. The summed E-state index contributed by atoms with van der Waals surface area (Å²) in [6.07, 6.45) is -3.33. The molecule has 1 N–H and O–H groups in total. The highest BCUT2D eigenvalue weighted by atomic mass is 32.2. The number of carbonyl (C=O) groups excluding carboxylic acids is 1. The van der Waals surface area contributed by atoms with E-state index in [1.165, 1.54) is 20.2 Å². The van der Waals surface area contributed by atoms with Crippen LogP contribution in [0.3, 0.4) is 0 Å². The Morgan fingerprint density at radius 1 is 1.31 bits per heavy atom. The molecule has 1 aromatic carbocycles. The standard InChI is InChI=1S/C16H13F3N2O4S/c1-21-14(26-11-6-4-3-5-9(11)15(24)25-2)10(7-8-12(22)23)13(20-21)16(17,18)19/h3-8H,1-2H3,(H,22,23)/b8-7+. The number of carboxylic acid groups (broad SMARTS) is 1. The highest BCUT2D eigenvalue weighted by Gasteiger charge is 2.38. The number of ether oxygens (including phenoxy) is 1. The second-order valence-electron chi connectivity index (χ2n) is 4.95. The van der Waals surface area contributed by atoms with Crippen LogP contribution < -0.4 is 0 Å². The number of hydrogen-bond acceptors (Lipinski definition) is 5. The molecule has 138 valence electrons. The molecular formula is C16H13F3N2O4S. The monoisotopic (exact) mass is 386 g/mol. The molecule has 0 aliphatic carbocycles. The lowest BCUT2D eigenvalue weighted by Gasteiger charge is -2.09. The molecule has 0 unspecified atom stereocenters. The molecular weight excluding hydrogens is 373 g/mol. The van der Waals surface area contributed by atoms with Gasteiger partial charge in [-0.25, -0.2) is 9.59 Å². The Hall–Kier alpha value is -2.75. The zero-order valence-corrected chi connectivity index (χ0v) is 14.4. The van der Waals surface area contributed by atoms with E-state index in [1.807, 2.05) is 0 Å². The summed E-state index contributed by atoms with van der Waals surface area (Å²) in [5, 5.41) is 12.2. The topological polar surface area (TPSA) is 81.4 Å². The number of alkyl halides is 3. The SMILES string of the molecule is COC(=O)c1ccccc1Sc1c(/C=C/C(=O)O)c(C(F)(F)F)nn1C. The maximum Gasteiger partial charge on any atom is 0.435 e. The largest absolute Gasteiger partial charge is 0.478 e. The molecule has 0 spiro atoms. The molecule has 0 saturated heterocycles. The molecule has 0 bridgehead atoms. The average Bonchev–Trinajstić information content (AvgIpc) is 2.89. The highest BCUT2D eigenvalue weighted by molar-refractivity contribution is 7.99. The summed E-state index contributed by atoms with van der Waals surface area (Å²) >= 11 is 0.855. The predicted molar refractivity (Wildman–Crippen MR) is 86.8 cm³/mol. The third-order valence-electron chi connectivity index (χ3n) is 3.19. The van der Waals surface area contributed by atoms with E-state index in [2.05, 4.69) is 9.84 Å². The number of aromatic nitrogens is 2. The normalized spacial score (nSPS) is 11.7. The van der Waals surface area contributed by atoms with Crippen LogP contribution in [-0.2, 0) is 22.8 Å². The molecule has 2 aromatic rings. The van der Waals surface area contributed by atoms with Crippen molar-refractivity contribution in [3.63, 3.8) is 0 Å². The summed E-state index contributed by atoms with van der Waals surface area (Å²) in [4.78, 5) is 22.9. The highest BCUT2D eigenvalue weighted by Crippen LogP contribution is 2.40. The summed E-state index contributed by atoms with van der Waals surface area (Å²) in [7, 11) is 2.49. The van der Waals surface area contributed by atoms with Gasteiger partial charge in [-0.3, -0.25) is 4.68 Å². The molecule has 1 aromatic heterocycles. The van der Waals surface area contributed by atoms with Crippen LogP contribution in [0.25, 0.3) is 6.08 Å². The van der Waals surface area contributed by atoms with Crippen LogP contribution >= 0.6 is 11.8 Å². The van der Waals surface area contributed by atoms with Crippen molar-refractivity contribution in [3.05, 3.63) is 47.2 Å². The number of carbonyl (C=O) groups is 2. The Balaban J connectivity index is 2.59. The molecule has 0 fully saturated rings. The van der Waals surface area contributed by atoms with Gasteiger partial charge in [-0.2, -0.15) is 18.3 Å². The zero-order chi connectivity index (χ0) is 19.5. The summed E-state index contributed by atoms with van der Waals surface area (Å²) in [5.41, 5.74) is -1.44. The van der Waals surface area contributed by atoms with Crippen LogP contribution in [0.5, 0.6) is 0 Å². The van der Waals surface area contributed by atoms with Crippen molar-refractivity contribution in [3.8, 4) is 0 Å². The van der Waals surface area contributed by atoms with Crippen molar-refractivity contribution < 1.29 is 32.6 Å². The number of halogens is 3. The number of benzene rings is 1. The Labute approximate surface area is 150 Å². The van der Waals surface area contributed by atoms with E-state index in [0.717, 1.165) is 22.5 Å². The van der Waals surface area contributed by atoms with Crippen molar-refractivity contribution in [1.29, 1.82) is 0 Å². The van der Waals surface area contributed by atoms with Crippen LogP contribution in [0.2, 0.25) is 0 Å². The van der Waals surface area contributed by atoms with Gasteiger partial charge in [0.1, 0.15) is 5.03 Å². The minimum Gasteiger partial charge on any atom is -0.478 e. The van der Waals surface area contributed by atoms with Gasteiger partial charge in [-0.05, 0) is 18.2 Å². The first-order valence-electron chi connectivity index (χ1n) is 7.05. The number of hydrogen-bond donors (Lipinski definition) is 1.